The van der Waals surface area contributed by atoms with Gasteiger partial charge in [0.2, 0.25) is 11.7 Å². The third-order valence-corrected chi connectivity index (χ3v) is 6.10. The van der Waals surface area contributed by atoms with Crippen LogP contribution >= 0.6 is 0 Å². The van der Waals surface area contributed by atoms with Gasteiger partial charge in [-0.2, -0.15) is 4.80 Å². The van der Waals surface area contributed by atoms with Crippen LogP contribution in [0.4, 0.5) is 0 Å². The lowest BCUT2D eigenvalue weighted by molar-refractivity contribution is -0.133. The SMILES string of the molecule is CCN(C(=O)Cn1nnc(-c2ccc(C)cc2)n1)C1CCS(=O)(=O)C1. The largest absolute Gasteiger partial charge is 0.337 e. The van der Waals surface area contributed by atoms with Crippen LogP contribution in [0.5, 0.6) is 0 Å². The maximum absolute atomic E-state index is 12.5. The molecule has 25 heavy (non-hydrogen) atoms. The van der Waals surface area contributed by atoms with Gasteiger partial charge >= 0.3 is 0 Å². The Morgan fingerprint density at radius 1 is 1.32 bits per heavy atom. The van der Waals surface area contributed by atoms with Gasteiger partial charge in [-0.3, -0.25) is 4.79 Å². The second kappa shape index (κ2) is 6.91. The van der Waals surface area contributed by atoms with E-state index in [4.69, 9.17) is 0 Å². The topological polar surface area (TPSA) is 98.1 Å². The van der Waals surface area contributed by atoms with E-state index >= 15 is 0 Å². The Morgan fingerprint density at radius 2 is 2.04 bits per heavy atom. The van der Waals surface area contributed by atoms with E-state index in [1.54, 1.807) is 4.90 Å². The Labute approximate surface area is 146 Å². The highest BCUT2D eigenvalue weighted by Gasteiger charge is 2.34. The van der Waals surface area contributed by atoms with E-state index in [0.717, 1.165) is 11.1 Å². The van der Waals surface area contributed by atoms with E-state index in [1.165, 1.54) is 4.80 Å². The molecule has 0 spiro atoms. The smallest absolute Gasteiger partial charge is 0.246 e. The van der Waals surface area contributed by atoms with E-state index in [-0.39, 0.29) is 30.0 Å². The lowest BCUT2D eigenvalue weighted by atomic mass is 10.1. The molecule has 9 heteroatoms. The van der Waals surface area contributed by atoms with Crippen LogP contribution in [0.1, 0.15) is 18.9 Å². The lowest BCUT2D eigenvalue weighted by Gasteiger charge is -2.26. The van der Waals surface area contributed by atoms with Crippen LogP contribution in [0.2, 0.25) is 0 Å². The molecule has 1 amide bonds. The van der Waals surface area contributed by atoms with Crippen LogP contribution in [0.3, 0.4) is 0 Å². The van der Waals surface area contributed by atoms with E-state index in [2.05, 4.69) is 15.4 Å². The zero-order valence-corrected chi connectivity index (χ0v) is 15.1. The first-order valence-electron chi connectivity index (χ1n) is 8.22. The van der Waals surface area contributed by atoms with Crippen molar-refractivity contribution in [2.24, 2.45) is 0 Å². The number of hydrogen-bond donors (Lipinski definition) is 0. The van der Waals surface area contributed by atoms with E-state index < -0.39 is 9.84 Å². The molecular weight excluding hydrogens is 342 g/mol. The number of hydrogen-bond acceptors (Lipinski definition) is 6. The van der Waals surface area contributed by atoms with Gasteiger partial charge in [0.25, 0.3) is 0 Å². The summed E-state index contributed by atoms with van der Waals surface area (Å²) in [6.07, 6.45) is 0.487. The zero-order chi connectivity index (χ0) is 18.0. The summed E-state index contributed by atoms with van der Waals surface area (Å²) in [5, 5.41) is 12.2. The summed E-state index contributed by atoms with van der Waals surface area (Å²) in [4.78, 5) is 15.4. The number of carbonyl (C=O) groups excluding carboxylic acids is 1. The molecule has 2 heterocycles. The first-order valence-corrected chi connectivity index (χ1v) is 10.0. The van der Waals surface area contributed by atoms with E-state index in [0.29, 0.717) is 18.8 Å². The molecule has 1 aromatic heterocycles. The summed E-state index contributed by atoms with van der Waals surface area (Å²) in [5.41, 5.74) is 1.97. The van der Waals surface area contributed by atoms with Gasteiger partial charge in [-0.1, -0.05) is 29.8 Å². The summed E-state index contributed by atoms with van der Waals surface area (Å²) in [7, 11) is -3.04. The second-order valence-electron chi connectivity index (χ2n) is 6.25. The molecule has 1 aliphatic rings. The van der Waals surface area contributed by atoms with E-state index in [9.17, 15) is 13.2 Å². The van der Waals surface area contributed by atoms with Crippen LogP contribution in [0, 0.1) is 6.92 Å². The van der Waals surface area contributed by atoms with Crippen LogP contribution in [-0.4, -0.2) is 63.5 Å². The highest BCUT2D eigenvalue weighted by Crippen LogP contribution is 2.18. The Bertz CT molecular complexity index is 860. The standard InChI is InChI=1S/C16H21N5O3S/c1-3-20(14-8-9-25(23,24)11-14)15(22)10-21-18-16(17-19-21)13-6-4-12(2)5-7-13/h4-7,14H,3,8-11H2,1-2H3. The van der Waals surface area contributed by atoms with Gasteiger partial charge in [0.05, 0.1) is 11.5 Å². The van der Waals surface area contributed by atoms with Gasteiger partial charge < -0.3 is 4.90 Å². The number of carbonyl (C=O) groups is 1. The van der Waals surface area contributed by atoms with Crippen LogP contribution in [-0.2, 0) is 21.2 Å². The maximum atomic E-state index is 12.5. The Balaban J connectivity index is 1.69. The highest BCUT2D eigenvalue weighted by atomic mass is 32.2. The Morgan fingerprint density at radius 3 is 2.64 bits per heavy atom. The Hall–Kier alpha value is -2.29. The van der Waals surface area contributed by atoms with Crippen molar-refractivity contribution in [3.05, 3.63) is 29.8 Å². The van der Waals surface area contributed by atoms with Crippen molar-refractivity contribution in [3.8, 4) is 11.4 Å². The van der Waals surface area contributed by atoms with E-state index in [1.807, 2.05) is 38.1 Å². The fourth-order valence-corrected chi connectivity index (χ4v) is 4.73. The molecule has 1 atom stereocenters. The second-order valence-corrected chi connectivity index (χ2v) is 8.47. The molecule has 1 aliphatic heterocycles. The number of sulfone groups is 1. The zero-order valence-electron chi connectivity index (χ0n) is 14.3. The summed E-state index contributed by atoms with van der Waals surface area (Å²) >= 11 is 0. The molecule has 134 valence electrons. The highest BCUT2D eigenvalue weighted by molar-refractivity contribution is 7.91. The molecule has 2 aromatic rings. The number of likely N-dealkylation sites (N-methyl/N-ethyl adjacent to an activating group) is 1. The maximum Gasteiger partial charge on any atom is 0.246 e. The van der Waals surface area contributed by atoms with Gasteiger partial charge in [-0.05, 0) is 25.5 Å². The van der Waals surface area contributed by atoms with Crippen molar-refractivity contribution in [2.45, 2.75) is 32.9 Å². The quantitative estimate of drug-likeness (QED) is 0.775. The minimum atomic E-state index is -3.04. The minimum absolute atomic E-state index is 0.0337. The molecular formula is C16H21N5O3S. The monoisotopic (exact) mass is 363 g/mol. The molecule has 0 bridgehead atoms. The number of aromatic nitrogens is 4. The average molecular weight is 363 g/mol. The fraction of sp³-hybridized carbons (Fsp3) is 0.500. The predicted octanol–water partition coefficient (Wildman–Crippen LogP) is 0.684. The normalized spacial score (nSPS) is 19.0. The summed E-state index contributed by atoms with van der Waals surface area (Å²) in [6.45, 7) is 4.24. The lowest BCUT2D eigenvalue weighted by Crippen LogP contribution is -2.42. The number of amides is 1. The van der Waals surface area contributed by atoms with Gasteiger partial charge in [0.15, 0.2) is 9.84 Å². The first-order chi connectivity index (χ1) is 11.9. The number of rotatable bonds is 5. The van der Waals surface area contributed by atoms with Gasteiger partial charge in [-0.25, -0.2) is 8.42 Å². The molecule has 0 aliphatic carbocycles. The fourth-order valence-electron chi connectivity index (χ4n) is 3.00. The molecule has 0 radical (unpaired) electrons. The van der Waals surface area contributed by atoms with Crippen molar-refractivity contribution in [3.63, 3.8) is 0 Å². The van der Waals surface area contributed by atoms with Gasteiger partial charge in [0, 0.05) is 18.2 Å². The van der Waals surface area contributed by atoms with Crippen molar-refractivity contribution in [1.82, 2.24) is 25.1 Å². The molecule has 3 rings (SSSR count). The molecule has 0 saturated carbocycles. The molecule has 1 unspecified atom stereocenters. The van der Waals surface area contributed by atoms with Crippen molar-refractivity contribution < 1.29 is 13.2 Å². The van der Waals surface area contributed by atoms with Gasteiger partial charge in [-0.15, -0.1) is 10.2 Å². The number of benzene rings is 1. The molecule has 8 nitrogen and oxygen atoms in total. The molecule has 0 N–H and O–H groups in total. The minimum Gasteiger partial charge on any atom is -0.337 e. The molecule has 1 fully saturated rings. The molecule has 1 saturated heterocycles. The third-order valence-electron chi connectivity index (χ3n) is 4.35. The van der Waals surface area contributed by atoms with Crippen molar-refractivity contribution in [2.75, 3.05) is 18.1 Å². The van der Waals surface area contributed by atoms with Crippen molar-refractivity contribution in [1.29, 1.82) is 0 Å². The third kappa shape index (κ3) is 4.04. The first kappa shape index (κ1) is 17.5. The van der Waals surface area contributed by atoms with Crippen LogP contribution < -0.4 is 0 Å². The summed E-state index contributed by atoms with van der Waals surface area (Å²) in [5.74, 6) is 0.434. The Kier molecular flexibility index (Phi) is 4.85. The number of aryl methyl sites for hydroxylation is 1. The number of nitrogens with zero attached hydrogens (tertiary/aromatic N) is 5. The number of tetrazole rings is 1. The van der Waals surface area contributed by atoms with Gasteiger partial charge in [0.1, 0.15) is 6.54 Å². The predicted molar refractivity (Wildman–Crippen MR) is 92.4 cm³/mol. The van der Waals surface area contributed by atoms with Crippen molar-refractivity contribution >= 4 is 15.7 Å². The summed E-state index contributed by atoms with van der Waals surface area (Å²) < 4.78 is 23.3. The average Bonchev–Trinajstić information content (AvgIpc) is 3.15. The van der Waals surface area contributed by atoms with Crippen LogP contribution in [0.15, 0.2) is 24.3 Å². The summed E-state index contributed by atoms with van der Waals surface area (Å²) in [6, 6.07) is 7.46. The molecule has 1 aromatic carbocycles. The van der Waals surface area contributed by atoms with Crippen LogP contribution in [0.25, 0.3) is 11.4 Å².